The minimum absolute atomic E-state index is 0. The molecule has 0 amide bonds. The third-order valence-corrected chi connectivity index (χ3v) is 5.76. The van der Waals surface area contributed by atoms with Crippen molar-refractivity contribution in [3.05, 3.63) is 0 Å². The maximum atomic E-state index is 11.3. The molecule has 0 aliphatic rings. The first-order valence-corrected chi connectivity index (χ1v) is 11.0. The van der Waals surface area contributed by atoms with Gasteiger partial charge in [-0.3, -0.25) is 0 Å². The molecule has 0 heterocycles. The summed E-state index contributed by atoms with van der Waals surface area (Å²) in [4.78, 5) is 0. The average molecular weight is 389 g/mol. The van der Waals surface area contributed by atoms with E-state index in [0.29, 0.717) is 19.4 Å². The summed E-state index contributed by atoms with van der Waals surface area (Å²) >= 11 is 0. The van der Waals surface area contributed by atoms with Crippen molar-refractivity contribution in [2.45, 2.75) is 108 Å². The van der Waals surface area contributed by atoms with E-state index in [1.165, 1.54) is 32.1 Å². The molecule has 6 heteroatoms. The van der Waals surface area contributed by atoms with E-state index in [1.807, 2.05) is 0 Å². The Morgan fingerprint density at radius 2 is 1.12 bits per heavy atom. The van der Waals surface area contributed by atoms with Crippen LogP contribution in [0.5, 0.6) is 0 Å². The minimum Gasteiger partial charge on any atom is -0.748 e. The van der Waals surface area contributed by atoms with E-state index in [1.54, 1.807) is 0 Å². The molecular weight excluding hydrogens is 351 g/mol. The molecule has 140 valence electrons. The Morgan fingerprint density at radius 1 is 0.750 bits per heavy atom. The average Bonchev–Trinajstić information content (AvgIpc) is 2.49. The molecule has 1 atom stereocenters. The molecule has 0 saturated heterocycles. The molecule has 0 aliphatic carbocycles. The van der Waals surface area contributed by atoms with E-state index < -0.39 is 15.4 Å². The van der Waals surface area contributed by atoms with Crippen LogP contribution in [0.2, 0.25) is 0 Å². The van der Waals surface area contributed by atoms with E-state index in [2.05, 4.69) is 6.92 Å². The first-order valence-electron chi connectivity index (χ1n) is 9.58. The maximum Gasteiger partial charge on any atom is 1.00 e. The van der Waals surface area contributed by atoms with Gasteiger partial charge in [0.25, 0.3) is 0 Å². The van der Waals surface area contributed by atoms with Gasteiger partial charge in [-0.25, -0.2) is 8.42 Å². The first-order chi connectivity index (χ1) is 11.0. The molecule has 0 aromatic heterocycles. The van der Waals surface area contributed by atoms with E-state index in [9.17, 15) is 13.0 Å². The van der Waals surface area contributed by atoms with Gasteiger partial charge in [-0.1, -0.05) is 84.0 Å². The predicted molar refractivity (Wildman–Crippen MR) is 95.5 cm³/mol. The molecule has 0 aromatic rings. The summed E-state index contributed by atoms with van der Waals surface area (Å²) in [7, 11) is -4.13. The second kappa shape index (κ2) is 19.3. The van der Waals surface area contributed by atoms with Crippen molar-refractivity contribution >= 4 is 10.1 Å². The first kappa shape index (κ1) is 27.7. The van der Waals surface area contributed by atoms with Gasteiger partial charge < -0.3 is 9.66 Å². The van der Waals surface area contributed by atoms with Gasteiger partial charge >= 0.3 is 51.4 Å². The fourth-order valence-electron chi connectivity index (χ4n) is 2.95. The molecule has 0 spiro atoms. The zero-order chi connectivity index (χ0) is 17.4. The van der Waals surface area contributed by atoms with Crippen molar-refractivity contribution in [3.63, 3.8) is 0 Å². The molecule has 0 radical (unpaired) electrons. The van der Waals surface area contributed by atoms with Crippen LogP contribution in [0.3, 0.4) is 0 Å². The Balaban J connectivity index is 0. The zero-order valence-electron chi connectivity index (χ0n) is 16.0. The van der Waals surface area contributed by atoms with Gasteiger partial charge in [-0.05, 0) is 19.3 Å². The summed E-state index contributed by atoms with van der Waals surface area (Å²) < 4.78 is 33.8. The van der Waals surface area contributed by atoms with Crippen LogP contribution in [0.4, 0.5) is 0 Å². The molecule has 0 rings (SSSR count). The van der Waals surface area contributed by atoms with Crippen LogP contribution in [-0.4, -0.2) is 29.9 Å². The van der Waals surface area contributed by atoms with Gasteiger partial charge in [0.15, 0.2) is 0 Å². The van der Waals surface area contributed by atoms with Gasteiger partial charge in [0.2, 0.25) is 0 Å². The van der Waals surface area contributed by atoms with E-state index in [-0.39, 0.29) is 51.4 Å². The zero-order valence-corrected chi connectivity index (χ0v) is 19.9. The number of unbranched alkanes of at least 4 members (excludes halogenated alkanes) is 11. The molecule has 1 N–H and O–H groups in total. The molecule has 0 fully saturated rings. The standard InChI is InChI=1S/C18H38O4S.K/c1-2-3-12-15-18(23(20,21)22)16-13-10-8-6-4-5-7-9-11-14-17-19;/h18-19H,2-17H2,1H3,(H,20,21,22);/q;+1/p-1. The van der Waals surface area contributed by atoms with Crippen LogP contribution in [0, 0.1) is 0 Å². The number of aliphatic hydroxyl groups is 1. The SMILES string of the molecule is CCCCCC(CCCCCCCCCCCCO)S(=O)(=O)[O-].[K+]. The molecule has 0 saturated carbocycles. The van der Waals surface area contributed by atoms with Crippen molar-refractivity contribution in [2.24, 2.45) is 0 Å². The smallest absolute Gasteiger partial charge is 0.748 e. The summed E-state index contributed by atoms with van der Waals surface area (Å²) in [6.45, 7) is 2.38. The molecular formula is C18H37KO4S. The fraction of sp³-hybridized carbons (Fsp3) is 1.00. The van der Waals surface area contributed by atoms with Crippen LogP contribution in [0.1, 0.15) is 103 Å². The topological polar surface area (TPSA) is 77.4 Å². The van der Waals surface area contributed by atoms with E-state index in [4.69, 9.17) is 5.11 Å². The van der Waals surface area contributed by atoms with Crippen LogP contribution >= 0.6 is 0 Å². The predicted octanol–water partition coefficient (Wildman–Crippen LogP) is 1.77. The van der Waals surface area contributed by atoms with Crippen molar-refractivity contribution in [3.8, 4) is 0 Å². The molecule has 0 aliphatic heterocycles. The van der Waals surface area contributed by atoms with Gasteiger partial charge in [-0.2, -0.15) is 0 Å². The second-order valence-electron chi connectivity index (χ2n) is 6.66. The maximum absolute atomic E-state index is 11.3. The quantitative estimate of drug-likeness (QED) is 0.234. The number of hydrogen-bond acceptors (Lipinski definition) is 4. The summed E-state index contributed by atoms with van der Waals surface area (Å²) in [6, 6.07) is 0. The van der Waals surface area contributed by atoms with Crippen molar-refractivity contribution in [1.82, 2.24) is 0 Å². The third kappa shape index (κ3) is 18.3. The summed E-state index contributed by atoms with van der Waals surface area (Å²) in [5.41, 5.74) is 0. The van der Waals surface area contributed by atoms with Crippen LogP contribution in [0.15, 0.2) is 0 Å². The van der Waals surface area contributed by atoms with Crippen LogP contribution < -0.4 is 51.4 Å². The fourth-order valence-corrected chi connectivity index (χ4v) is 3.86. The second-order valence-corrected chi connectivity index (χ2v) is 8.31. The Morgan fingerprint density at radius 3 is 1.50 bits per heavy atom. The van der Waals surface area contributed by atoms with E-state index >= 15 is 0 Å². The molecule has 0 bridgehead atoms. The normalized spacial score (nSPS) is 12.8. The minimum atomic E-state index is -4.13. The van der Waals surface area contributed by atoms with Crippen molar-refractivity contribution in [1.29, 1.82) is 0 Å². The van der Waals surface area contributed by atoms with E-state index in [0.717, 1.165) is 51.4 Å². The Kier molecular flexibility index (Phi) is 22.3. The van der Waals surface area contributed by atoms with Gasteiger partial charge in [-0.15, -0.1) is 0 Å². The Bertz CT molecular complexity index is 347. The monoisotopic (exact) mass is 388 g/mol. The number of aliphatic hydroxyl groups excluding tert-OH is 1. The number of rotatable bonds is 17. The van der Waals surface area contributed by atoms with Gasteiger partial charge in [0.05, 0.1) is 10.1 Å². The van der Waals surface area contributed by atoms with Crippen LogP contribution in [-0.2, 0) is 10.1 Å². The third-order valence-electron chi connectivity index (χ3n) is 4.47. The summed E-state index contributed by atoms with van der Waals surface area (Å²) in [6.07, 6.45) is 15.2. The summed E-state index contributed by atoms with van der Waals surface area (Å²) in [5.74, 6) is 0. The molecule has 1 unspecified atom stereocenters. The number of hydrogen-bond donors (Lipinski definition) is 1. The van der Waals surface area contributed by atoms with Gasteiger partial charge in [0.1, 0.15) is 0 Å². The van der Waals surface area contributed by atoms with Crippen molar-refractivity contribution < 1.29 is 69.5 Å². The summed E-state index contributed by atoms with van der Waals surface area (Å²) in [5, 5.41) is 8.02. The largest absolute Gasteiger partial charge is 1.00 e. The Hall–Kier alpha value is 1.51. The Labute approximate surface area is 192 Å². The van der Waals surface area contributed by atoms with Gasteiger partial charge in [0, 0.05) is 11.9 Å². The molecule has 4 nitrogen and oxygen atoms in total. The molecule has 0 aromatic carbocycles. The van der Waals surface area contributed by atoms with Crippen LogP contribution in [0.25, 0.3) is 0 Å². The van der Waals surface area contributed by atoms with Crippen molar-refractivity contribution in [2.75, 3.05) is 6.61 Å². The molecule has 24 heavy (non-hydrogen) atoms.